The Morgan fingerprint density at radius 3 is 2.79 bits per heavy atom. The highest BCUT2D eigenvalue weighted by Gasteiger charge is 2.49. The molecule has 4 rings (SSSR count). The van der Waals surface area contributed by atoms with Crippen molar-refractivity contribution in [2.75, 3.05) is 13.1 Å². The van der Waals surface area contributed by atoms with Crippen molar-refractivity contribution in [2.24, 2.45) is 5.92 Å². The fourth-order valence-corrected chi connectivity index (χ4v) is 4.05. The van der Waals surface area contributed by atoms with Crippen molar-refractivity contribution in [1.82, 2.24) is 14.9 Å². The van der Waals surface area contributed by atoms with Gasteiger partial charge >= 0.3 is 5.97 Å². The van der Waals surface area contributed by atoms with Gasteiger partial charge in [-0.05, 0) is 44.9 Å². The number of aromatic amines is 1. The van der Waals surface area contributed by atoms with Crippen LogP contribution in [0.1, 0.15) is 45.1 Å². The van der Waals surface area contributed by atoms with E-state index in [1.807, 2.05) is 12.1 Å². The summed E-state index contributed by atoms with van der Waals surface area (Å²) in [6, 6.07) is 3.78. The minimum Gasteiger partial charge on any atom is -0.470 e. The molecule has 2 aromatic heterocycles. The standard InChI is InChI=1S/C22H27N3O4/c1-14(2)28-22(27)18-19(26)17(29-21(18)25-10-5-3-4-6-11-25)12-15-13-24-20-16(15)8-7-9-23-20/h7-9,12-14,18,21H,3-6,10-11H2,1-2H3,(H,23,24)/b17-12-. The van der Waals surface area contributed by atoms with E-state index in [9.17, 15) is 9.59 Å². The molecule has 7 nitrogen and oxygen atoms in total. The lowest BCUT2D eigenvalue weighted by atomic mass is 10.0. The van der Waals surface area contributed by atoms with Crippen LogP contribution in [0.3, 0.4) is 0 Å². The van der Waals surface area contributed by atoms with Gasteiger partial charge in [-0.3, -0.25) is 14.5 Å². The van der Waals surface area contributed by atoms with Crippen LogP contribution in [0, 0.1) is 5.92 Å². The highest BCUT2D eigenvalue weighted by Crippen LogP contribution is 2.33. The lowest BCUT2D eigenvalue weighted by molar-refractivity contribution is -0.159. The van der Waals surface area contributed by atoms with Crippen LogP contribution in [0.15, 0.2) is 30.3 Å². The van der Waals surface area contributed by atoms with E-state index < -0.39 is 18.1 Å². The Morgan fingerprint density at radius 2 is 2.07 bits per heavy atom. The Morgan fingerprint density at radius 1 is 1.31 bits per heavy atom. The molecule has 2 saturated heterocycles. The molecule has 0 spiro atoms. The number of likely N-dealkylation sites (tertiary alicyclic amines) is 1. The molecule has 2 aliphatic rings. The second-order valence-corrected chi connectivity index (χ2v) is 7.94. The zero-order chi connectivity index (χ0) is 20.4. The first-order valence-corrected chi connectivity index (χ1v) is 10.3. The topological polar surface area (TPSA) is 84.5 Å². The van der Waals surface area contributed by atoms with Crippen LogP contribution in [0.2, 0.25) is 0 Å². The molecule has 2 aliphatic heterocycles. The number of nitrogens with one attached hydrogen (secondary N) is 1. The van der Waals surface area contributed by atoms with Gasteiger partial charge in [-0.2, -0.15) is 0 Å². The summed E-state index contributed by atoms with van der Waals surface area (Å²) < 4.78 is 11.5. The Hall–Kier alpha value is -2.67. The summed E-state index contributed by atoms with van der Waals surface area (Å²) in [6.07, 6.45) is 8.69. The van der Waals surface area contributed by atoms with Crippen LogP contribution in [0.5, 0.6) is 0 Å². The van der Waals surface area contributed by atoms with E-state index in [1.54, 1.807) is 32.3 Å². The lowest BCUT2D eigenvalue weighted by Crippen LogP contribution is -2.44. The molecule has 154 valence electrons. The van der Waals surface area contributed by atoms with E-state index in [0.717, 1.165) is 55.4 Å². The predicted molar refractivity (Wildman–Crippen MR) is 109 cm³/mol. The third-order valence-electron chi connectivity index (χ3n) is 5.43. The molecule has 4 heterocycles. The molecule has 0 saturated carbocycles. The van der Waals surface area contributed by atoms with Gasteiger partial charge in [-0.1, -0.05) is 12.8 Å². The fourth-order valence-electron chi connectivity index (χ4n) is 4.05. The van der Waals surface area contributed by atoms with E-state index in [0.29, 0.717) is 0 Å². The largest absolute Gasteiger partial charge is 0.470 e. The van der Waals surface area contributed by atoms with Gasteiger partial charge < -0.3 is 14.5 Å². The Bertz CT molecular complexity index is 925. The Balaban J connectivity index is 1.67. The zero-order valence-electron chi connectivity index (χ0n) is 16.9. The van der Waals surface area contributed by atoms with Crippen LogP contribution < -0.4 is 0 Å². The minimum absolute atomic E-state index is 0.203. The number of hydrogen-bond donors (Lipinski definition) is 1. The number of ether oxygens (including phenoxy) is 2. The molecule has 0 aromatic carbocycles. The number of rotatable bonds is 4. The molecule has 2 unspecified atom stereocenters. The SMILES string of the molecule is CC(C)OC(=O)C1C(=O)/C(=C/c2c[nH]c3ncccc23)OC1N1CCCCCC1. The van der Waals surface area contributed by atoms with E-state index >= 15 is 0 Å². The number of ketones is 1. The summed E-state index contributed by atoms with van der Waals surface area (Å²) in [5.41, 5.74) is 1.55. The average molecular weight is 397 g/mol. The van der Waals surface area contributed by atoms with Crippen LogP contribution >= 0.6 is 0 Å². The quantitative estimate of drug-likeness (QED) is 0.484. The molecule has 0 bridgehead atoms. The second-order valence-electron chi connectivity index (χ2n) is 7.94. The fraction of sp³-hybridized carbons (Fsp3) is 0.500. The maximum atomic E-state index is 13.2. The van der Waals surface area contributed by atoms with Crippen LogP contribution in [0.25, 0.3) is 17.1 Å². The molecular weight excluding hydrogens is 370 g/mol. The van der Waals surface area contributed by atoms with E-state index in [4.69, 9.17) is 9.47 Å². The molecule has 2 atom stereocenters. The number of Topliss-reactive ketones (excluding diaryl/α,β-unsaturated/α-hetero) is 1. The van der Waals surface area contributed by atoms with Gasteiger partial charge in [-0.15, -0.1) is 0 Å². The van der Waals surface area contributed by atoms with E-state index in [2.05, 4.69) is 14.9 Å². The van der Waals surface area contributed by atoms with Gasteiger partial charge in [0.25, 0.3) is 0 Å². The van der Waals surface area contributed by atoms with Crippen molar-refractivity contribution < 1.29 is 19.1 Å². The molecule has 0 amide bonds. The number of nitrogens with zero attached hydrogens (tertiary/aromatic N) is 2. The summed E-state index contributed by atoms with van der Waals surface area (Å²) >= 11 is 0. The first-order valence-electron chi connectivity index (χ1n) is 10.3. The van der Waals surface area contributed by atoms with Crippen molar-refractivity contribution in [2.45, 2.75) is 51.9 Å². The molecule has 2 fully saturated rings. The summed E-state index contributed by atoms with van der Waals surface area (Å²) in [5, 5.41) is 0.899. The van der Waals surface area contributed by atoms with Gasteiger partial charge in [0, 0.05) is 36.4 Å². The number of hydrogen-bond acceptors (Lipinski definition) is 6. The van der Waals surface area contributed by atoms with Crippen LogP contribution in [0.4, 0.5) is 0 Å². The van der Waals surface area contributed by atoms with Gasteiger partial charge in [0.1, 0.15) is 5.65 Å². The monoisotopic (exact) mass is 397 g/mol. The van der Waals surface area contributed by atoms with Crippen molar-refractivity contribution >= 4 is 28.9 Å². The number of fused-ring (bicyclic) bond motifs is 1. The number of esters is 1. The zero-order valence-corrected chi connectivity index (χ0v) is 16.9. The number of carbonyl (C=O) groups is 2. The maximum absolute atomic E-state index is 13.2. The molecule has 0 aliphatic carbocycles. The van der Waals surface area contributed by atoms with E-state index in [1.165, 1.54) is 0 Å². The number of aromatic nitrogens is 2. The third-order valence-corrected chi connectivity index (χ3v) is 5.43. The van der Waals surface area contributed by atoms with E-state index in [-0.39, 0.29) is 17.6 Å². The lowest BCUT2D eigenvalue weighted by Gasteiger charge is -2.29. The maximum Gasteiger partial charge on any atom is 0.322 e. The van der Waals surface area contributed by atoms with Crippen molar-refractivity contribution in [3.63, 3.8) is 0 Å². The van der Waals surface area contributed by atoms with Gasteiger partial charge in [0.15, 0.2) is 17.9 Å². The molecule has 7 heteroatoms. The second kappa shape index (κ2) is 8.37. The summed E-state index contributed by atoms with van der Waals surface area (Å²) in [4.78, 5) is 35.4. The van der Waals surface area contributed by atoms with Gasteiger partial charge in [-0.25, -0.2) is 4.98 Å². The smallest absolute Gasteiger partial charge is 0.322 e. The molecule has 0 radical (unpaired) electrons. The van der Waals surface area contributed by atoms with Gasteiger partial charge in [0.2, 0.25) is 5.78 Å². The molecule has 1 N–H and O–H groups in total. The third kappa shape index (κ3) is 4.05. The average Bonchev–Trinajstić information content (AvgIpc) is 3.11. The minimum atomic E-state index is -0.954. The molecular formula is C22H27N3O4. The first kappa shape index (κ1) is 19.6. The number of carbonyl (C=O) groups excluding carboxylic acids is 2. The van der Waals surface area contributed by atoms with Crippen molar-refractivity contribution in [3.05, 3.63) is 35.8 Å². The first-order chi connectivity index (χ1) is 14.0. The number of pyridine rings is 1. The highest BCUT2D eigenvalue weighted by molar-refractivity contribution is 6.12. The number of H-pyrrole nitrogens is 1. The normalized spacial score (nSPS) is 24.8. The van der Waals surface area contributed by atoms with Gasteiger partial charge in [0.05, 0.1) is 6.10 Å². The summed E-state index contributed by atoms with van der Waals surface area (Å²) in [5.74, 6) is -1.58. The Kier molecular flexibility index (Phi) is 5.67. The van der Waals surface area contributed by atoms with Crippen molar-refractivity contribution in [3.8, 4) is 0 Å². The van der Waals surface area contributed by atoms with Crippen molar-refractivity contribution in [1.29, 1.82) is 0 Å². The predicted octanol–water partition coefficient (Wildman–Crippen LogP) is 3.27. The summed E-state index contributed by atoms with van der Waals surface area (Å²) in [7, 11) is 0. The summed E-state index contributed by atoms with van der Waals surface area (Å²) in [6.45, 7) is 5.20. The number of allylic oxidation sites excluding steroid dienone is 1. The molecule has 2 aromatic rings. The highest BCUT2D eigenvalue weighted by atomic mass is 16.6. The van der Waals surface area contributed by atoms with Crippen LogP contribution in [-0.4, -0.2) is 52.0 Å². The van der Waals surface area contributed by atoms with Crippen LogP contribution in [-0.2, 0) is 19.1 Å². The molecule has 29 heavy (non-hydrogen) atoms. The Labute approximate surface area is 170 Å².